The maximum atomic E-state index is 12.4. The fraction of sp³-hybridized carbons (Fsp3) is 0.533. The molecule has 1 fully saturated rings. The van der Waals surface area contributed by atoms with Crippen LogP contribution >= 0.6 is 35.6 Å². The van der Waals surface area contributed by atoms with E-state index in [2.05, 4.69) is 5.32 Å². The molecule has 2 rings (SSSR count). The number of amides is 1. The molecule has 1 atom stereocenters. The van der Waals surface area contributed by atoms with Crippen LogP contribution in [0.3, 0.4) is 0 Å². The molecule has 0 heterocycles. The second kappa shape index (κ2) is 7.68. The third kappa shape index (κ3) is 4.49. The summed E-state index contributed by atoms with van der Waals surface area (Å²) in [5.41, 5.74) is 6.43. The summed E-state index contributed by atoms with van der Waals surface area (Å²) in [4.78, 5) is 12.4. The van der Waals surface area contributed by atoms with E-state index in [4.69, 9.17) is 28.9 Å². The van der Waals surface area contributed by atoms with Crippen LogP contribution in [0.4, 0.5) is 0 Å². The van der Waals surface area contributed by atoms with Crippen LogP contribution in [-0.2, 0) is 4.79 Å². The second-order valence-electron chi connectivity index (χ2n) is 5.59. The van der Waals surface area contributed by atoms with Gasteiger partial charge in [-0.25, -0.2) is 0 Å². The summed E-state index contributed by atoms with van der Waals surface area (Å²) in [6.45, 7) is 1.92. The van der Waals surface area contributed by atoms with Crippen molar-refractivity contribution in [3.05, 3.63) is 33.8 Å². The molecule has 21 heavy (non-hydrogen) atoms. The van der Waals surface area contributed by atoms with Crippen LogP contribution in [0.2, 0.25) is 10.0 Å². The van der Waals surface area contributed by atoms with Crippen LogP contribution in [0.1, 0.15) is 50.6 Å². The maximum Gasteiger partial charge on any atom is 0.240 e. The summed E-state index contributed by atoms with van der Waals surface area (Å²) in [5.74, 6) is -0.0734. The maximum absolute atomic E-state index is 12.4. The summed E-state index contributed by atoms with van der Waals surface area (Å²) in [5, 5.41) is 3.99. The van der Waals surface area contributed by atoms with Gasteiger partial charge in [-0.05, 0) is 37.5 Å². The lowest BCUT2D eigenvalue weighted by molar-refractivity contribution is -0.128. The molecule has 1 aromatic carbocycles. The number of carbonyl (C=O) groups excluding carboxylic acids is 1. The molecular weight excluding hydrogens is 331 g/mol. The van der Waals surface area contributed by atoms with Crippen LogP contribution in [0.15, 0.2) is 18.2 Å². The Balaban J connectivity index is 0.00000220. The van der Waals surface area contributed by atoms with Gasteiger partial charge >= 0.3 is 0 Å². The molecule has 1 aliphatic rings. The van der Waals surface area contributed by atoms with Crippen LogP contribution < -0.4 is 11.1 Å². The minimum Gasteiger partial charge on any atom is -0.348 e. The topological polar surface area (TPSA) is 55.1 Å². The fourth-order valence-corrected chi connectivity index (χ4v) is 2.92. The van der Waals surface area contributed by atoms with Gasteiger partial charge in [0.05, 0.1) is 21.6 Å². The third-order valence-corrected chi connectivity index (χ3v) is 4.73. The Morgan fingerprint density at radius 3 is 2.43 bits per heavy atom. The Kier molecular flexibility index (Phi) is 6.79. The van der Waals surface area contributed by atoms with E-state index in [1.54, 1.807) is 12.1 Å². The minimum absolute atomic E-state index is 0. The van der Waals surface area contributed by atoms with Crippen molar-refractivity contribution in [3.8, 4) is 0 Å². The lowest BCUT2D eigenvalue weighted by atomic mass is 9.81. The van der Waals surface area contributed by atoms with E-state index in [0.29, 0.717) is 10.0 Å². The zero-order chi connectivity index (χ0) is 14.8. The summed E-state index contributed by atoms with van der Waals surface area (Å²) in [7, 11) is 0. The fourth-order valence-electron chi connectivity index (χ4n) is 2.62. The van der Waals surface area contributed by atoms with Crippen molar-refractivity contribution in [1.29, 1.82) is 0 Å². The van der Waals surface area contributed by atoms with Crippen molar-refractivity contribution in [2.75, 3.05) is 0 Å². The number of rotatable bonds is 3. The summed E-state index contributed by atoms with van der Waals surface area (Å²) in [6.07, 6.45) is 4.71. The van der Waals surface area contributed by atoms with Crippen molar-refractivity contribution in [1.82, 2.24) is 5.32 Å². The van der Waals surface area contributed by atoms with Crippen molar-refractivity contribution >= 4 is 41.5 Å². The smallest absolute Gasteiger partial charge is 0.240 e. The van der Waals surface area contributed by atoms with Gasteiger partial charge in [0.2, 0.25) is 5.91 Å². The van der Waals surface area contributed by atoms with Gasteiger partial charge in [0.15, 0.2) is 0 Å². The molecular formula is C15H21Cl3N2O. The van der Waals surface area contributed by atoms with Crippen molar-refractivity contribution in [3.63, 3.8) is 0 Å². The summed E-state index contributed by atoms with van der Waals surface area (Å²) < 4.78 is 0. The lowest BCUT2D eigenvalue weighted by Crippen LogP contribution is -2.55. The highest BCUT2D eigenvalue weighted by molar-refractivity contribution is 6.42. The number of nitrogens with two attached hydrogens (primary N) is 1. The van der Waals surface area contributed by atoms with E-state index in [1.807, 2.05) is 13.0 Å². The zero-order valence-electron chi connectivity index (χ0n) is 12.0. The van der Waals surface area contributed by atoms with Gasteiger partial charge in [-0.1, -0.05) is 48.5 Å². The molecule has 0 spiro atoms. The van der Waals surface area contributed by atoms with E-state index in [9.17, 15) is 4.79 Å². The molecule has 6 heteroatoms. The van der Waals surface area contributed by atoms with Gasteiger partial charge in [-0.15, -0.1) is 12.4 Å². The van der Waals surface area contributed by atoms with Crippen molar-refractivity contribution in [2.45, 2.75) is 50.6 Å². The molecule has 1 amide bonds. The first-order valence-electron chi connectivity index (χ1n) is 6.97. The Morgan fingerprint density at radius 2 is 1.86 bits per heavy atom. The van der Waals surface area contributed by atoms with Gasteiger partial charge < -0.3 is 11.1 Å². The first-order chi connectivity index (χ1) is 9.42. The first-order valence-corrected chi connectivity index (χ1v) is 7.73. The van der Waals surface area contributed by atoms with Crippen LogP contribution in [0, 0.1) is 0 Å². The first kappa shape index (κ1) is 18.6. The second-order valence-corrected chi connectivity index (χ2v) is 6.40. The largest absolute Gasteiger partial charge is 0.348 e. The molecule has 1 aliphatic carbocycles. The number of nitrogens with one attached hydrogen (secondary N) is 1. The highest BCUT2D eigenvalue weighted by atomic mass is 35.5. The highest BCUT2D eigenvalue weighted by Gasteiger charge is 2.35. The average molecular weight is 352 g/mol. The van der Waals surface area contributed by atoms with Crippen molar-refractivity contribution < 1.29 is 4.79 Å². The number of hydrogen-bond acceptors (Lipinski definition) is 2. The average Bonchev–Trinajstić information content (AvgIpc) is 2.42. The number of benzene rings is 1. The number of hydrogen-bond donors (Lipinski definition) is 2. The quantitative estimate of drug-likeness (QED) is 0.855. The van der Waals surface area contributed by atoms with Gasteiger partial charge in [0, 0.05) is 0 Å². The van der Waals surface area contributed by atoms with E-state index < -0.39 is 5.54 Å². The van der Waals surface area contributed by atoms with Crippen LogP contribution in [-0.4, -0.2) is 11.4 Å². The highest BCUT2D eigenvalue weighted by Crippen LogP contribution is 2.28. The lowest BCUT2D eigenvalue weighted by Gasteiger charge is -2.33. The van der Waals surface area contributed by atoms with E-state index in [-0.39, 0.29) is 24.4 Å². The Bertz CT molecular complexity index is 502. The normalized spacial score (nSPS) is 18.5. The van der Waals surface area contributed by atoms with Gasteiger partial charge in [-0.3, -0.25) is 4.79 Å². The molecule has 0 saturated heterocycles. The van der Waals surface area contributed by atoms with Crippen molar-refractivity contribution in [2.24, 2.45) is 5.73 Å². The molecule has 3 nitrogen and oxygen atoms in total. The van der Waals surface area contributed by atoms with E-state index in [0.717, 1.165) is 37.7 Å². The van der Waals surface area contributed by atoms with Gasteiger partial charge in [0.25, 0.3) is 0 Å². The Hall–Kier alpha value is -0.480. The van der Waals surface area contributed by atoms with Crippen LogP contribution in [0.5, 0.6) is 0 Å². The van der Waals surface area contributed by atoms with E-state index >= 15 is 0 Å². The zero-order valence-corrected chi connectivity index (χ0v) is 14.3. The summed E-state index contributed by atoms with van der Waals surface area (Å²) >= 11 is 11.9. The minimum atomic E-state index is -0.720. The predicted octanol–water partition coefficient (Wildman–Crippen LogP) is 4.25. The molecule has 3 N–H and O–H groups in total. The molecule has 1 unspecified atom stereocenters. The summed E-state index contributed by atoms with van der Waals surface area (Å²) in [6, 6.07) is 5.24. The number of carbonyl (C=O) groups is 1. The molecule has 0 aliphatic heterocycles. The molecule has 0 radical (unpaired) electrons. The predicted molar refractivity (Wildman–Crippen MR) is 90.3 cm³/mol. The standard InChI is InChI=1S/C15H20Cl2N2O.ClH/c1-10(11-5-6-12(16)13(17)9-11)19-14(20)15(18)7-3-2-4-8-15;/h5-6,9-10H,2-4,7-8,18H2,1H3,(H,19,20);1H. The van der Waals surface area contributed by atoms with E-state index in [1.165, 1.54) is 0 Å². The number of halogens is 3. The molecule has 0 aromatic heterocycles. The molecule has 118 valence electrons. The molecule has 1 saturated carbocycles. The van der Waals surface area contributed by atoms with Crippen LogP contribution in [0.25, 0.3) is 0 Å². The van der Waals surface area contributed by atoms with Gasteiger partial charge in [0.1, 0.15) is 0 Å². The molecule has 0 bridgehead atoms. The Morgan fingerprint density at radius 1 is 1.24 bits per heavy atom. The SMILES string of the molecule is CC(NC(=O)C1(N)CCCCC1)c1ccc(Cl)c(Cl)c1.Cl. The van der Waals surface area contributed by atoms with Gasteiger partial charge in [-0.2, -0.15) is 0 Å². The monoisotopic (exact) mass is 350 g/mol. The third-order valence-electron chi connectivity index (χ3n) is 3.99. The Labute approximate surface area is 142 Å². The molecule has 1 aromatic rings.